The average Bonchev–Trinajstić information content (AvgIpc) is 3.14. The van der Waals surface area contributed by atoms with Crippen LogP contribution in [-0.2, 0) is 11.2 Å². The smallest absolute Gasteiger partial charge is 0.290 e. The maximum atomic E-state index is 8.36. The molecule has 0 amide bonds. The number of aryl methyl sites for hydroxylation is 1. The van der Waals surface area contributed by atoms with Gasteiger partial charge in [0.2, 0.25) is 0 Å². The second kappa shape index (κ2) is 11.1. The summed E-state index contributed by atoms with van der Waals surface area (Å²) in [6, 6.07) is 10.6. The number of carboxylic acid groups (broad SMARTS) is 1. The third-order valence-corrected chi connectivity index (χ3v) is 4.68. The molecule has 0 spiro atoms. The van der Waals surface area contributed by atoms with Gasteiger partial charge in [-0.2, -0.15) is 0 Å². The summed E-state index contributed by atoms with van der Waals surface area (Å²) in [5.74, 6) is 2.09. The van der Waals surface area contributed by atoms with E-state index in [0.29, 0.717) is 5.92 Å². The average molecular weight is 370 g/mol. The Hall–Kier alpha value is -2.75. The minimum Gasteiger partial charge on any atom is -0.496 e. The van der Waals surface area contributed by atoms with Crippen molar-refractivity contribution in [2.45, 2.75) is 39.5 Å². The molecule has 2 aromatic carbocycles. The molecule has 0 radical (unpaired) electrons. The largest absolute Gasteiger partial charge is 0.496 e. The van der Waals surface area contributed by atoms with E-state index >= 15 is 0 Å². The van der Waals surface area contributed by atoms with Gasteiger partial charge < -0.3 is 14.6 Å². The van der Waals surface area contributed by atoms with Crippen LogP contribution in [0, 0.1) is 6.92 Å². The van der Waals surface area contributed by atoms with Gasteiger partial charge >= 0.3 is 0 Å². The van der Waals surface area contributed by atoms with Crippen molar-refractivity contribution in [2.75, 3.05) is 14.2 Å². The lowest BCUT2D eigenvalue weighted by atomic mass is 9.89. The minimum absolute atomic E-state index is 0.250. The Balaban J connectivity index is 0.000000665. The van der Waals surface area contributed by atoms with Crippen LogP contribution in [0.3, 0.4) is 0 Å². The zero-order chi connectivity index (χ0) is 20.4. The second-order valence-electron chi connectivity index (χ2n) is 5.85. The molecule has 1 aliphatic rings. The molecule has 0 aromatic heterocycles. The van der Waals surface area contributed by atoms with Gasteiger partial charge in [-0.05, 0) is 48.6 Å². The topological polar surface area (TPSA) is 55.8 Å². The van der Waals surface area contributed by atoms with Crippen LogP contribution in [0.15, 0.2) is 36.9 Å². The van der Waals surface area contributed by atoms with Crippen LogP contribution in [0.4, 0.5) is 0 Å². The van der Waals surface area contributed by atoms with E-state index in [-0.39, 0.29) is 6.47 Å². The normalized spacial score (nSPS) is 13.9. The van der Waals surface area contributed by atoms with Gasteiger partial charge in [0.15, 0.2) is 0 Å². The fraction of sp³-hybridized carbons (Fsp3) is 0.348. The lowest BCUT2D eigenvalue weighted by molar-refractivity contribution is -0.122. The van der Waals surface area contributed by atoms with Crippen molar-refractivity contribution in [3.8, 4) is 11.5 Å². The van der Waals surface area contributed by atoms with Crippen LogP contribution in [0.25, 0.3) is 6.08 Å². The quantitative estimate of drug-likeness (QED) is 0.726. The van der Waals surface area contributed by atoms with Gasteiger partial charge in [0.05, 0.1) is 14.2 Å². The molecule has 1 N–H and O–H groups in total. The molecule has 4 nitrogen and oxygen atoms in total. The summed E-state index contributed by atoms with van der Waals surface area (Å²) in [5.41, 5.74) is 6.40. The molecule has 1 aliphatic carbocycles. The van der Waals surface area contributed by atoms with Gasteiger partial charge in [0.1, 0.15) is 11.5 Å². The van der Waals surface area contributed by atoms with Crippen LogP contribution < -0.4 is 9.47 Å². The first-order valence-corrected chi connectivity index (χ1v) is 9.16. The fourth-order valence-corrected chi connectivity index (χ4v) is 3.63. The Bertz CT molecular complexity index is 765. The highest BCUT2D eigenvalue weighted by Crippen LogP contribution is 2.47. The molecule has 4 heteroatoms. The van der Waals surface area contributed by atoms with Crippen LogP contribution in [0.5, 0.6) is 11.5 Å². The lowest BCUT2D eigenvalue weighted by Gasteiger charge is -2.21. The van der Waals surface area contributed by atoms with E-state index < -0.39 is 0 Å². The molecule has 0 bridgehead atoms. The zero-order valence-corrected chi connectivity index (χ0v) is 16.9. The first-order chi connectivity index (χ1) is 13.1. The van der Waals surface area contributed by atoms with E-state index in [4.69, 9.17) is 19.4 Å². The summed E-state index contributed by atoms with van der Waals surface area (Å²) in [5, 5.41) is 6.89. The van der Waals surface area contributed by atoms with Crippen LogP contribution >= 0.6 is 0 Å². The van der Waals surface area contributed by atoms with Crippen LogP contribution in [-0.4, -0.2) is 25.8 Å². The number of hydrogen-bond donors (Lipinski definition) is 1. The molecule has 146 valence electrons. The summed E-state index contributed by atoms with van der Waals surface area (Å²) >= 11 is 0. The van der Waals surface area contributed by atoms with Gasteiger partial charge in [-0.25, -0.2) is 0 Å². The molecular weight excluding hydrogens is 340 g/mol. The fourth-order valence-electron chi connectivity index (χ4n) is 3.63. The lowest BCUT2D eigenvalue weighted by Crippen LogP contribution is -2.04. The number of methoxy groups -OCH3 is 2. The molecule has 27 heavy (non-hydrogen) atoms. The standard InChI is InChI=1S/C20H22O2.C2H6.CH2O2/c1-5-14-9-12-18(21-3)19(20(14)22-4)17-11-10-15-13(2)7-6-8-16(15)17;1-2;2-1-3/h5-9,12,17H,1,10-11H2,2-4H3;1-2H3;1H,(H,2,3). The van der Waals surface area contributed by atoms with Gasteiger partial charge in [0, 0.05) is 17.0 Å². The Kier molecular flexibility index (Phi) is 9.14. The van der Waals surface area contributed by atoms with Crippen molar-refractivity contribution in [1.82, 2.24) is 0 Å². The molecule has 0 saturated heterocycles. The minimum atomic E-state index is -0.250. The number of benzene rings is 2. The molecule has 3 rings (SSSR count). The molecule has 1 unspecified atom stereocenters. The molecule has 2 aromatic rings. The number of fused-ring (bicyclic) bond motifs is 1. The second-order valence-corrected chi connectivity index (χ2v) is 5.85. The van der Waals surface area contributed by atoms with Crippen molar-refractivity contribution in [3.63, 3.8) is 0 Å². The molecule has 0 saturated carbocycles. The monoisotopic (exact) mass is 370 g/mol. The Morgan fingerprint density at radius 2 is 1.81 bits per heavy atom. The molecule has 0 heterocycles. The van der Waals surface area contributed by atoms with Gasteiger partial charge in [-0.3, -0.25) is 4.79 Å². The van der Waals surface area contributed by atoms with Crippen molar-refractivity contribution in [2.24, 2.45) is 0 Å². The summed E-state index contributed by atoms with van der Waals surface area (Å²) in [4.78, 5) is 8.36. The predicted molar refractivity (Wildman–Crippen MR) is 111 cm³/mol. The van der Waals surface area contributed by atoms with E-state index in [1.54, 1.807) is 14.2 Å². The van der Waals surface area contributed by atoms with E-state index in [1.165, 1.54) is 16.7 Å². The number of hydrogen-bond acceptors (Lipinski definition) is 3. The number of carbonyl (C=O) groups is 1. The summed E-state index contributed by atoms with van der Waals surface area (Å²) in [7, 11) is 3.44. The molecule has 0 aliphatic heterocycles. The Morgan fingerprint density at radius 3 is 2.37 bits per heavy atom. The van der Waals surface area contributed by atoms with Crippen LogP contribution in [0.1, 0.15) is 54.0 Å². The third-order valence-electron chi connectivity index (χ3n) is 4.68. The highest BCUT2D eigenvalue weighted by atomic mass is 16.5. The van der Waals surface area contributed by atoms with Crippen molar-refractivity contribution in [3.05, 3.63) is 64.7 Å². The van der Waals surface area contributed by atoms with Crippen molar-refractivity contribution >= 4 is 12.5 Å². The Morgan fingerprint density at radius 1 is 1.15 bits per heavy atom. The highest BCUT2D eigenvalue weighted by Gasteiger charge is 2.30. The van der Waals surface area contributed by atoms with Crippen molar-refractivity contribution < 1.29 is 19.4 Å². The maximum Gasteiger partial charge on any atom is 0.290 e. The van der Waals surface area contributed by atoms with Crippen molar-refractivity contribution in [1.29, 1.82) is 0 Å². The first-order valence-electron chi connectivity index (χ1n) is 9.16. The van der Waals surface area contributed by atoms with Gasteiger partial charge in [0.25, 0.3) is 6.47 Å². The van der Waals surface area contributed by atoms with Crippen LogP contribution in [0.2, 0.25) is 0 Å². The molecule has 0 fully saturated rings. The molecule has 1 atom stereocenters. The van der Waals surface area contributed by atoms with E-state index in [2.05, 4.69) is 31.7 Å². The van der Waals surface area contributed by atoms with Gasteiger partial charge in [-0.15, -0.1) is 0 Å². The van der Waals surface area contributed by atoms with E-state index in [0.717, 1.165) is 35.5 Å². The SMILES string of the molecule is C=Cc1ccc(OC)c(C2CCc3c(C)cccc32)c1OC.CC.O=CO. The zero-order valence-electron chi connectivity index (χ0n) is 16.9. The van der Waals surface area contributed by atoms with E-state index in [1.807, 2.05) is 32.1 Å². The molecular formula is C23H30O4. The number of ether oxygens (including phenoxy) is 2. The Labute approximate surface area is 162 Å². The van der Waals surface area contributed by atoms with E-state index in [9.17, 15) is 0 Å². The number of rotatable bonds is 4. The van der Waals surface area contributed by atoms with Gasteiger partial charge in [-0.1, -0.05) is 44.7 Å². The maximum absolute atomic E-state index is 8.36. The summed E-state index contributed by atoms with van der Waals surface area (Å²) in [6.45, 7) is 9.84. The summed E-state index contributed by atoms with van der Waals surface area (Å²) < 4.78 is 11.3. The predicted octanol–water partition coefficient (Wildman–Crippen LogP) is 5.46. The third kappa shape index (κ3) is 4.70. The summed E-state index contributed by atoms with van der Waals surface area (Å²) in [6.07, 6.45) is 4.04. The highest BCUT2D eigenvalue weighted by molar-refractivity contribution is 5.65. The first kappa shape index (κ1) is 22.3.